The van der Waals surface area contributed by atoms with Gasteiger partial charge in [-0.3, -0.25) is 14.6 Å². The molecule has 5 nitrogen and oxygen atoms in total. The Bertz CT molecular complexity index is 1380. The number of fused-ring (bicyclic) bond motifs is 1. The number of nitrogens with one attached hydrogen (secondary N) is 1. The molecule has 1 aliphatic carbocycles. The van der Waals surface area contributed by atoms with Gasteiger partial charge in [0.05, 0.1) is 16.6 Å². The lowest BCUT2D eigenvalue weighted by Crippen LogP contribution is -2.20. The Hall–Kier alpha value is -3.13. The molecule has 3 N–H and O–H groups in total. The van der Waals surface area contributed by atoms with Crippen LogP contribution < -0.4 is 11.2 Å². The van der Waals surface area contributed by atoms with Gasteiger partial charge in [0.15, 0.2) is 5.82 Å². The molecule has 32 heavy (non-hydrogen) atoms. The molecule has 1 atom stereocenters. The number of nitrogens with zero attached hydrogens (tertiary/aromatic N) is 1. The summed E-state index contributed by atoms with van der Waals surface area (Å²) in [5, 5.41) is 0.0640. The van der Waals surface area contributed by atoms with Crippen LogP contribution in [0.5, 0.6) is 0 Å². The van der Waals surface area contributed by atoms with Crippen molar-refractivity contribution >= 4 is 28.4 Å². The van der Waals surface area contributed by atoms with Crippen LogP contribution in [0.15, 0.2) is 40.8 Å². The number of amides is 1. The number of aryl methyl sites for hydroxylation is 1. The number of hydrogen-bond donors (Lipinski definition) is 2. The van der Waals surface area contributed by atoms with Gasteiger partial charge in [-0.1, -0.05) is 24.6 Å². The minimum absolute atomic E-state index is 0.0953. The van der Waals surface area contributed by atoms with E-state index < -0.39 is 28.6 Å². The maximum absolute atomic E-state index is 15.1. The van der Waals surface area contributed by atoms with E-state index in [0.29, 0.717) is 34.6 Å². The molecule has 2 aromatic heterocycles. The minimum atomic E-state index is -1.65. The molecule has 0 saturated heterocycles. The Morgan fingerprint density at radius 2 is 2.03 bits per heavy atom. The summed E-state index contributed by atoms with van der Waals surface area (Å²) in [6, 6.07) is 4.72. The highest BCUT2D eigenvalue weighted by molar-refractivity contribution is 6.31. The predicted octanol–water partition coefficient (Wildman–Crippen LogP) is 5.38. The summed E-state index contributed by atoms with van der Waals surface area (Å²) in [5.74, 6) is -2.04. The Balaban J connectivity index is 1.88. The van der Waals surface area contributed by atoms with Crippen LogP contribution in [-0.4, -0.2) is 15.9 Å². The van der Waals surface area contributed by atoms with Gasteiger partial charge < -0.3 is 10.7 Å². The number of aromatic nitrogens is 2. The largest absolute Gasteiger partial charge is 0.364 e. The first-order valence-corrected chi connectivity index (χ1v) is 10.3. The summed E-state index contributed by atoms with van der Waals surface area (Å²) in [5.41, 5.74) is 5.24. The SMILES string of the molecule is Cc1cc(C2(C)CCC(=C(F)F)C2)c(Cl)cc1-c1[nH]c2ccnc(C(N)=O)c2c(=O)c1F. The van der Waals surface area contributed by atoms with Gasteiger partial charge in [0, 0.05) is 16.8 Å². The monoisotopic (exact) mass is 461 g/mol. The number of benzene rings is 1. The number of H-pyrrole nitrogens is 1. The number of rotatable bonds is 3. The van der Waals surface area contributed by atoms with E-state index in [0.717, 1.165) is 0 Å². The first-order valence-electron chi connectivity index (χ1n) is 9.88. The lowest BCUT2D eigenvalue weighted by molar-refractivity contribution is 0.0997. The van der Waals surface area contributed by atoms with Crippen LogP contribution in [0.2, 0.25) is 5.02 Å². The average Bonchev–Trinajstić information content (AvgIpc) is 3.15. The van der Waals surface area contributed by atoms with Gasteiger partial charge in [-0.2, -0.15) is 8.78 Å². The fourth-order valence-corrected chi connectivity index (χ4v) is 4.85. The van der Waals surface area contributed by atoms with Crippen LogP contribution in [0.1, 0.15) is 47.8 Å². The Labute approximate surface area is 186 Å². The van der Waals surface area contributed by atoms with Crippen molar-refractivity contribution in [3.63, 3.8) is 0 Å². The Kier molecular flexibility index (Phi) is 5.36. The summed E-state index contributed by atoms with van der Waals surface area (Å²) in [4.78, 5) is 31.0. The summed E-state index contributed by atoms with van der Waals surface area (Å²) in [6.07, 6.45) is 0.636. The smallest absolute Gasteiger partial charge is 0.269 e. The number of carbonyl (C=O) groups excluding carboxylic acids is 1. The van der Waals surface area contributed by atoms with E-state index in [2.05, 4.69) is 9.97 Å². The number of allylic oxidation sites excluding steroid dienone is 1. The molecule has 0 aliphatic heterocycles. The molecule has 1 amide bonds. The summed E-state index contributed by atoms with van der Waals surface area (Å²) < 4.78 is 41.3. The number of carbonyl (C=O) groups is 1. The third-order valence-electron chi connectivity index (χ3n) is 6.17. The highest BCUT2D eigenvalue weighted by atomic mass is 35.5. The third kappa shape index (κ3) is 3.48. The second-order valence-electron chi connectivity index (χ2n) is 8.34. The molecular weight excluding hydrogens is 443 g/mol. The fourth-order valence-electron chi connectivity index (χ4n) is 4.46. The van der Waals surface area contributed by atoms with Gasteiger partial charge >= 0.3 is 0 Å². The topological polar surface area (TPSA) is 88.8 Å². The lowest BCUT2D eigenvalue weighted by atomic mass is 9.79. The minimum Gasteiger partial charge on any atom is -0.364 e. The fraction of sp³-hybridized carbons (Fsp3) is 0.261. The van der Waals surface area contributed by atoms with Crippen molar-refractivity contribution in [3.05, 3.63) is 73.9 Å². The molecule has 166 valence electrons. The molecule has 1 fully saturated rings. The first-order chi connectivity index (χ1) is 15.0. The van der Waals surface area contributed by atoms with Crippen molar-refractivity contribution in [1.82, 2.24) is 9.97 Å². The van der Waals surface area contributed by atoms with Gasteiger partial charge in [-0.05, 0) is 60.4 Å². The van der Waals surface area contributed by atoms with Crippen LogP contribution >= 0.6 is 11.6 Å². The molecule has 1 aliphatic rings. The lowest BCUT2D eigenvalue weighted by Gasteiger charge is -2.26. The Morgan fingerprint density at radius 3 is 2.66 bits per heavy atom. The number of aromatic amines is 1. The van der Waals surface area contributed by atoms with Crippen molar-refractivity contribution in [2.75, 3.05) is 0 Å². The number of nitrogens with two attached hydrogens (primary N) is 1. The molecule has 1 aromatic carbocycles. The predicted molar refractivity (Wildman–Crippen MR) is 116 cm³/mol. The maximum atomic E-state index is 15.1. The standard InChI is InChI=1S/C23H19ClF3N3O2/c1-10-7-13(23(2)5-3-11(9-23)21(26)27)14(24)8-12(10)18-17(25)20(31)16-15(30-18)4-6-29-19(16)22(28)32/h4,6-8H,3,5,9H2,1-2H3,(H2,28,32)(H,30,31). The van der Waals surface area contributed by atoms with E-state index >= 15 is 4.39 Å². The zero-order chi connectivity index (χ0) is 23.4. The zero-order valence-corrected chi connectivity index (χ0v) is 18.0. The second-order valence-corrected chi connectivity index (χ2v) is 8.75. The molecule has 0 bridgehead atoms. The Morgan fingerprint density at radius 1 is 1.31 bits per heavy atom. The average molecular weight is 462 g/mol. The summed E-state index contributed by atoms with van der Waals surface area (Å²) in [6.45, 7) is 3.60. The van der Waals surface area contributed by atoms with Crippen LogP contribution in [0.3, 0.4) is 0 Å². The van der Waals surface area contributed by atoms with Crippen LogP contribution in [-0.2, 0) is 5.41 Å². The van der Waals surface area contributed by atoms with Gasteiger partial charge in [0.25, 0.3) is 12.0 Å². The van der Waals surface area contributed by atoms with E-state index in [1.807, 2.05) is 6.92 Å². The molecule has 4 rings (SSSR count). The first kappa shape index (κ1) is 22.1. The van der Waals surface area contributed by atoms with Crippen molar-refractivity contribution in [2.24, 2.45) is 5.73 Å². The highest BCUT2D eigenvalue weighted by Gasteiger charge is 2.37. The maximum Gasteiger partial charge on any atom is 0.269 e. The summed E-state index contributed by atoms with van der Waals surface area (Å²) >= 11 is 6.54. The molecule has 9 heteroatoms. The number of pyridine rings is 2. The van der Waals surface area contributed by atoms with E-state index in [-0.39, 0.29) is 34.3 Å². The molecule has 1 saturated carbocycles. The van der Waals surface area contributed by atoms with Crippen LogP contribution in [0.4, 0.5) is 13.2 Å². The third-order valence-corrected chi connectivity index (χ3v) is 6.49. The van der Waals surface area contributed by atoms with Crippen molar-refractivity contribution in [2.45, 2.75) is 38.5 Å². The van der Waals surface area contributed by atoms with Crippen molar-refractivity contribution < 1.29 is 18.0 Å². The highest BCUT2D eigenvalue weighted by Crippen LogP contribution is 2.48. The zero-order valence-electron chi connectivity index (χ0n) is 17.3. The number of halogens is 4. The molecule has 2 heterocycles. The van der Waals surface area contributed by atoms with Crippen molar-refractivity contribution in [1.29, 1.82) is 0 Å². The van der Waals surface area contributed by atoms with Crippen LogP contribution in [0.25, 0.3) is 22.2 Å². The van der Waals surface area contributed by atoms with Crippen molar-refractivity contribution in [3.8, 4) is 11.3 Å². The van der Waals surface area contributed by atoms with Gasteiger partial charge in [0.2, 0.25) is 5.43 Å². The molecular formula is C23H19ClF3N3O2. The van der Waals surface area contributed by atoms with E-state index in [1.165, 1.54) is 18.3 Å². The molecule has 0 radical (unpaired) electrons. The van der Waals surface area contributed by atoms with E-state index in [9.17, 15) is 18.4 Å². The summed E-state index contributed by atoms with van der Waals surface area (Å²) in [7, 11) is 0. The number of primary amides is 1. The van der Waals surface area contributed by atoms with E-state index in [4.69, 9.17) is 17.3 Å². The number of hydrogen-bond acceptors (Lipinski definition) is 3. The molecule has 3 aromatic rings. The molecule has 1 unspecified atom stereocenters. The quantitative estimate of drug-likeness (QED) is 0.548. The van der Waals surface area contributed by atoms with Gasteiger partial charge in [0.1, 0.15) is 5.69 Å². The molecule has 0 spiro atoms. The van der Waals surface area contributed by atoms with Gasteiger partial charge in [-0.15, -0.1) is 0 Å². The second kappa shape index (κ2) is 7.78. The van der Waals surface area contributed by atoms with Gasteiger partial charge in [-0.25, -0.2) is 4.39 Å². The van der Waals surface area contributed by atoms with E-state index in [1.54, 1.807) is 13.0 Å². The normalized spacial score (nSPS) is 18.4. The van der Waals surface area contributed by atoms with Crippen LogP contribution in [0, 0.1) is 12.7 Å².